The summed E-state index contributed by atoms with van der Waals surface area (Å²) in [6.45, 7) is -0.0641. The number of hydrogen-bond donors (Lipinski definition) is 2. The van der Waals surface area contributed by atoms with Gasteiger partial charge in [-0.3, -0.25) is 4.79 Å². The fourth-order valence-corrected chi connectivity index (χ4v) is 2.27. The smallest absolute Gasteiger partial charge is 0.173 e. The Labute approximate surface area is 118 Å². The Morgan fingerprint density at radius 1 is 0.900 bits per heavy atom. The number of benzene rings is 2. The predicted octanol–water partition coefficient (Wildman–Crippen LogP) is 2.26. The van der Waals surface area contributed by atoms with E-state index >= 15 is 0 Å². The van der Waals surface area contributed by atoms with Crippen LogP contribution in [0.5, 0.6) is 0 Å². The number of Topliss-reactive ketones (excluding diaryl/α,β-unsaturated/α-hetero) is 1. The van der Waals surface area contributed by atoms with Crippen LogP contribution >= 0.6 is 0 Å². The Hall–Kier alpha value is -1.97. The van der Waals surface area contributed by atoms with E-state index in [0.717, 1.165) is 0 Å². The molecule has 0 saturated heterocycles. The van der Waals surface area contributed by atoms with Crippen molar-refractivity contribution in [2.45, 2.75) is 18.4 Å². The maximum absolute atomic E-state index is 12.5. The molecule has 3 heteroatoms. The lowest BCUT2D eigenvalue weighted by Gasteiger charge is -2.28. The van der Waals surface area contributed by atoms with Gasteiger partial charge in [0, 0.05) is 13.0 Å². The van der Waals surface area contributed by atoms with Gasteiger partial charge in [0.25, 0.3) is 0 Å². The Balaban J connectivity index is 2.46. The van der Waals surface area contributed by atoms with E-state index in [9.17, 15) is 9.90 Å². The molecule has 104 valence electrons. The Morgan fingerprint density at radius 2 is 1.35 bits per heavy atom. The lowest BCUT2D eigenvalue weighted by molar-refractivity contribution is -0.134. The fourth-order valence-electron chi connectivity index (χ4n) is 2.27. The van der Waals surface area contributed by atoms with Crippen LogP contribution in [0, 0.1) is 0 Å². The largest absolute Gasteiger partial charge is 0.396 e. The lowest BCUT2D eigenvalue weighted by Crippen LogP contribution is -2.37. The highest BCUT2D eigenvalue weighted by Gasteiger charge is 2.38. The third-order valence-electron chi connectivity index (χ3n) is 3.35. The van der Waals surface area contributed by atoms with E-state index < -0.39 is 5.60 Å². The minimum Gasteiger partial charge on any atom is -0.396 e. The number of rotatable bonds is 6. The van der Waals surface area contributed by atoms with Crippen LogP contribution in [0.15, 0.2) is 60.7 Å². The zero-order valence-corrected chi connectivity index (χ0v) is 11.2. The van der Waals surface area contributed by atoms with Crippen molar-refractivity contribution in [3.8, 4) is 0 Å². The van der Waals surface area contributed by atoms with Crippen molar-refractivity contribution in [1.29, 1.82) is 0 Å². The molecule has 2 rings (SSSR count). The average Bonchev–Trinajstić information content (AvgIpc) is 2.53. The minimum absolute atomic E-state index is 0.0641. The third kappa shape index (κ3) is 2.79. The molecule has 20 heavy (non-hydrogen) atoms. The van der Waals surface area contributed by atoms with Crippen LogP contribution in [-0.4, -0.2) is 22.6 Å². The van der Waals surface area contributed by atoms with Crippen molar-refractivity contribution < 1.29 is 15.0 Å². The summed E-state index contributed by atoms with van der Waals surface area (Å²) in [5.74, 6) is -0.302. The highest BCUT2D eigenvalue weighted by atomic mass is 16.3. The van der Waals surface area contributed by atoms with E-state index in [2.05, 4.69) is 0 Å². The molecule has 2 N–H and O–H groups in total. The molecule has 3 nitrogen and oxygen atoms in total. The van der Waals surface area contributed by atoms with Gasteiger partial charge in [-0.2, -0.15) is 0 Å². The molecular formula is C17H18O3. The SMILES string of the molecule is O=C(CCCO)C(O)(c1ccccc1)c1ccccc1. The monoisotopic (exact) mass is 270 g/mol. The van der Waals surface area contributed by atoms with Crippen molar-refractivity contribution in [2.24, 2.45) is 0 Å². The average molecular weight is 270 g/mol. The summed E-state index contributed by atoms with van der Waals surface area (Å²) in [4.78, 5) is 12.5. The molecule has 0 aliphatic heterocycles. The quantitative estimate of drug-likeness (QED) is 0.846. The van der Waals surface area contributed by atoms with Crippen LogP contribution in [0.1, 0.15) is 24.0 Å². The van der Waals surface area contributed by atoms with Crippen molar-refractivity contribution in [3.63, 3.8) is 0 Å². The van der Waals surface area contributed by atoms with Crippen LogP contribution < -0.4 is 0 Å². The molecule has 0 fully saturated rings. The molecule has 0 aliphatic carbocycles. The molecule has 2 aromatic carbocycles. The molecule has 0 heterocycles. The molecule has 0 amide bonds. The van der Waals surface area contributed by atoms with Gasteiger partial charge in [0.05, 0.1) is 0 Å². The first-order valence-electron chi connectivity index (χ1n) is 6.67. The molecule has 0 radical (unpaired) electrons. The minimum atomic E-state index is -1.66. The Bertz CT molecular complexity index is 509. The molecule has 0 bridgehead atoms. The molecule has 0 spiro atoms. The summed E-state index contributed by atoms with van der Waals surface area (Å²) in [5, 5.41) is 19.9. The Kier molecular flexibility index (Phi) is 4.66. The van der Waals surface area contributed by atoms with E-state index in [1.807, 2.05) is 12.1 Å². The summed E-state index contributed by atoms with van der Waals surface area (Å²) in [7, 11) is 0. The van der Waals surface area contributed by atoms with Crippen LogP contribution in [0.3, 0.4) is 0 Å². The maximum Gasteiger partial charge on any atom is 0.173 e. The van der Waals surface area contributed by atoms with E-state index in [-0.39, 0.29) is 18.8 Å². The van der Waals surface area contributed by atoms with Crippen molar-refractivity contribution >= 4 is 5.78 Å². The van der Waals surface area contributed by atoms with Gasteiger partial charge in [0.2, 0.25) is 0 Å². The van der Waals surface area contributed by atoms with Gasteiger partial charge in [-0.25, -0.2) is 0 Å². The van der Waals surface area contributed by atoms with Crippen LogP contribution in [-0.2, 0) is 10.4 Å². The normalized spacial score (nSPS) is 11.3. The molecule has 0 unspecified atom stereocenters. The van der Waals surface area contributed by atoms with Crippen LogP contribution in [0.4, 0.5) is 0 Å². The molecule has 2 aromatic rings. The lowest BCUT2D eigenvalue weighted by atomic mass is 9.81. The summed E-state index contributed by atoms with van der Waals surface area (Å²) in [6.07, 6.45) is 0.484. The standard InChI is InChI=1S/C17H18O3/c18-13-7-12-16(19)17(20,14-8-3-1-4-9-14)15-10-5-2-6-11-15/h1-6,8-11,18,20H,7,12-13H2. The first-order valence-corrected chi connectivity index (χ1v) is 6.67. The zero-order valence-electron chi connectivity index (χ0n) is 11.2. The first kappa shape index (κ1) is 14.4. The number of aliphatic hydroxyl groups is 2. The number of ketones is 1. The Morgan fingerprint density at radius 3 is 1.75 bits per heavy atom. The number of aliphatic hydroxyl groups excluding tert-OH is 1. The zero-order chi connectivity index (χ0) is 14.4. The molecule has 0 atom stereocenters. The van der Waals surface area contributed by atoms with Gasteiger partial charge >= 0.3 is 0 Å². The second-order valence-electron chi connectivity index (χ2n) is 4.69. The predicted molar refractivity (Wildman–Crippen MR) is 77.2 cm³/mol. The van der Waals surface area contributed by atoms with Crippen LogP contribution in [0.2, 0.25) is 0 Å². The molecular weight excluding hydrogens is 252 g/mol. The molecule has 0 saturated carbocycles. The van der Waals surface area contributed by atoms with Crippen LogP contribution in [0.25, 0.3) is 0 Å². The maximum atomic E-state index is 12.5. The molecule has 0 aliphatic rings. The third-order valence-corrected chi connectivity index (χ3v) is 3.35. The van der Waals surface area contributed by atoms with Crippen molar-refractivity contribution in [3.05, 3.63) is 71.8 Å². The van der Waals surface area contributed by atoms with Gasteiger partial charge in [0.1, 0.15) is 0 Å². The first-order chi connectivity index (χ1) is 9.69. The number of carbonyl (C=O) groups excluding carboxylic acids is 1. The number of hydrogen-bond acceptors (Lipinski definition) is 3. The van der Waals surface area contributed by atoms with E-state index in [1.54, 1.807) is 48.5 Å². The topological polar surface area (TPSA) is 57.5 Å². The second-order valence-corrected chi connectivity index (χ2v) is 4.69. The summed E-state index contributed by atoms with van der Waals surface area (Å²) in [5.41, 5.74) is -0.555. The van der Waals surface area contributed by atoms with E-state index in [0.29, 0.717) is 17.5 Å². The van der Waals surface area contributed by atoms with Gasteiger partial charge in [0.15, 0.2) is 11.4 Å². The van der Waals surface area contributed by atoms with Gasteiger partial charge in [-0.1, -0.05) is 60.7 Å². The highest BCUT2D eigenvalue weighted by molar-refractivity contribution is 5.91. The summed E-state index contributed by atoms with van der Waals surface area (Å²) in [6, 6.07) is 17.8. The van der Waals surface area contributed by atoms with E-state index in [4.69, 9.17) is 5.11 Å². The molecule has 0 aromatic heterocycles. The highest BCUT2D eigenvalue weighted by Crippen LogP contribution is 2.31. The van der Waals surface area contributed by atoms with Crippen molar-refractivity contribution in [2.75, 3.05) is 6.61 Å². The summed E-state index contributed by atoms with van der Waals surface area (Å²) >= 11 is 0. The van der Waals surface area contributed by atoms with Gasteiger partial charge in [-0.05, 0) is 17.5 Å². The van der Waals surface area contributed by atoms with E-state index in [1.165, 1.54) is 0 Å². The van der Waals surface area contributed by atoms with Crippen molar-refractivity contribution in [1.82, 2.24) is 0 Å². The second kappa shape index (κ2) is 6.46. The number of carbonyl (C=O) groups is 1. The van der Waals surface area contributed by atoms with Gasteiger partial charge in [-0.15, -0.1) is 0 Å². The van der Waals surface area contributed by atoms with Gasteiger partial charge < -0.3 is 10.2 Å². The summed E-state index contributed by atoms with van der Waals surface area (Å²) < 4.78 is 0. The fraction of sp³-hybridized carbons (Fsp3) is 0.235.